The molecule has 3 aromatic rings. The van der Waals surface area contributed by atoms with Crippen LogP contribution >= 0.6 is 11.3 Å². The van der Waals surface area contributed by atoms with Crippen LogP contribution in [0.5, 0.6) is 0 Å². The number of amides is 2. The Kier molecular flexibility index (Phi) is 6.44. The van der Waals surface area contributed by atoms with Gasteiger partial charge in [0.25, 0.3) is 0 Å². The number of carbonyl (C=O) groups excluding carboxylic acids is 1. The van der Waals surface area contributed by atoms with Crippen LogP contribution in [-0.2, 0) is 11.3 Å². The van der Waals surface area contributed by atoms with Gasteiger partial charge >= 0.3 is 6.03 Å². The second-order valence-electron chi connectivity index (χ2n) is 8.67. The first kappa shape index (κ1) is 22.7. The minimum atomic E-state index is 0.0751. The predicted molar refractivity (Wildman–Crippen MR) is 132 cm³/mol. The molecule has 3 aromatic heterocycles. The first-order valence-corrected chi connectivity index (χ1v) is 12.2. The molecule has 2 aliphatic rings. The number of nitrogens with zero attached hydrogens (tertiary/aromatic N) is 8. The molecule has 0 aromatic carbocycles. The summed E-state index contributed by atoms with van der Waals surface area (Å²) in [4.78, 5) is 39.6. The van der Waals surface area contributed by atoms with Gasteiger partial charge in [0.1, 0.15) is 0 Å². The van der Waals surface area contributed by atoms with Crippen molar-refractivity contribution in [1.82, 2.24) is 34.6 Å². The number of hydrogen-bond donors (Lipinski definition) is 1. The number of aromatic nitrogens is 4. The Morgan fingerprint density at radius 1 is 1.09 bits per heavy atom. The van der Waals surface area contributed by atoms with Crippen LogP contribution in [0, 0.1) is 0 Å². The summed E-state index contributed by atoms with van der Waals surface area (Å²) in [6.07, 6.45) is 3.32. The van der Waals surface area contributed by atoms with Crippen LogP contribution in [-0.4, -0.2) is 107 Å². The molecule has 0 spiro atoms. The summed E-state index contributed by atoms with van der Waals surface area (Å²) in [5.41, 5.74) is 7.32. The van der Waals surface area contributed by atoms with Crippen molar-refractivity contribution in [3.05, 3.63) is 23.3 Å². The van der Waals surface area contributed by atoms with E-state index >= 15 is 0 Å². The highest BCUT2D eigenvalue weighted by Crippen LogP contribution is 2.35. The highest BCUT2D eigenvalue weighted by atomic mass is 32.1. The van der Waals surface area contributed by atoms with Gasteiger partial charge in [-0.05, 0) is 6.07 Å². The maximum atomic E-state index is 12.2. The number of piperazine rings is 1. The van der Waals surface area contributed by atoms with Crippen molar-refractivity contribution in [2.75, 3.05) is 77.2 Å². The lowest BCUT2D eigenvalue weighted by Crippen LogP contribution is -2.51. The fourth-order valence-electron chi connectivity index (χ4n) is 4.21. The van der Waals surface area contributed by atoms with Gasteiger partial charge in [-0.3, -0.25) is 4.90 Å². The highest BCUT2D eigenvalue weighted by molar-refractivity contribution is 7.19. The third-order valence-corrected chi connectivity index (χ3v) is 7.16. The zero-order chi connectivity index (χ0) is 23.7. The van der Waals surface area contributed by atoms with E-state index in [1.165, 1.54) is 4.88 Å². The number of nitrogen functional groups attached to an aromatic ring is 1. The van der Waals surface area contributed by atoms with Gasteiger partial charge in [-0.15, -0.1) is 11.3 Å². The van der Waals surface area contributed by atoms with Crippen LogP contribution in [0.2, 0.25) is 0 Å². The van der Waals surface area contributed by atoms with Crippen molar-refractivity contribution < 1.29 is 9.53 Å². The molecule has 2 aliphatic heterocycles. The van der Waals surface area contributed by atoms with E-state index in [-0.39, 0.29) is 12.0 Å². The molecule has 0 bridgehead atoms. The number of morpholine rings is 1. The summed E-state index contributed by atoms with van der Waals surface area (Å²) in [7, 11) is 3.59. The van der Waals surface area contributed by atoms with E-state index in [4.69, 9.17) is 20.4 Å². The maximum absolute atomic E-state index is 12.2. The number of rotatable bonds is 4. The first-order chi connectivity index (χ1) is 16.5. The lowest BCUT2D eigenvalue weighted by molar-refractivity contribution is 0.120. The Labute approximate surface area is 202 Å². The smallest absolute Gasteiger partial charge is 0.319 e. The molecule has 180 valence electrons. The number of ether oxygens (including phenoxy) is 1. The van der Waals surface area contributed by atoms with E-state index in [0.717, 1.165) is 67.4 Å². The Morgan fingerprint density at radius 2 is 1.79 bits per heavy atom. The molecule has 34 heavy (non-hydrogen) atoms. The lowest BCUT2D eigenvalue weighted by atomic mass is 10.2. The van der Waals surface area contributed by atoms with Crippen LogP contribution < -0.4 is 10.6 Å². The number of fused-ring (bicyclic) bond motifs is 1. The zero-order valence-corrected chi connectivity index (χ0v) is 20.3. The van der Waals surface area contributed by atoms with Crippen molar-refractivity contribution in [1.29, 1.82) is 0 Å². The molecule has 0 aliphatic carbocycles. The molecule has 2 N–H and O–H groups in total. The van der Waals surface area contributed by atoms with Crippen LogP contribution in [0.15, 0.2) is 18.5 Å². The third kappa shape index (κ3) is 4.74. The molecule has 0 radical (unpaired) electrons. The molecular weight excluding hydrogens is 454 g/mol. The van der Waals surface area contributed by atoms with Gasteiger partial charge in [0, 0.05) is 77.2 Å². The zero-order valence-electron chi connectivity index (χ0n) is 19.5. The summed E-state index contributed by atoms with van der Waals surface area (Å²) in [6.45, 7) is 6.95. The molecule has 5 rings (SSSR count). The van der Waals surface area contributed by atoms with Crippen molar-refractivity contribution in [2.45, 2.75) is 6.54 Å². The quantitative estimate of drug-likeness (QED) is 0.587. The largest absolute Gasteiger partial charge is 0.378 e. The molecule has 2 amide bonds. The van der Waals surface area contributed by atoms with E-state index < -0.39 is 0 Å². The third-order valence-electron chi connectivity index (χ3n) is 6.05. The minimum Gasteiger partial charge on any atom is -0.378 e. The fourth-order valence-corrected chi connectivity index (χ4v) is 5.37. The topological polar surface area (TPSA) is 117 Å². The summed E-state index contributed by atoms with van der Waals surface area (Å²) in [5.74, 6) is 1.75. The predicted octanol–water partition coefficient (Wildman–Crippen LogP) is 1.37. The molecule has 2 saturated heterocycles. The van der Waals surface area contributed by atoms with E-state index in [9.17, 15) is 4.79 Å². The van der Waals surface area contributed by atoms with Crippen molar-refractivity contribution in [3.8, 4) is 11.4 Å². The minimum absolute atomic E-state index is 0.0751. The second-order valence-corrected chi connectivity index (χ2v) is 9.80. The number of anilines is 2. The summed E-state index contributed by atoms with van der Waals surface area (Å²) < 4.78 is 6.64. The van der Waals surface area contributed by atoms with Gasteiger partial charge < -0.3 is 25.2 Å². The Bertz CT molecular complexity index is 1150. The summed E-state index contributed by atoms with van der Waals surface area (Å²) >= 11 is 1.74. The maximum Gasteiger partial charge on any atom is 0.319 e. The fraction of sp³-hybridized carbons (Fsp3) is 0.500. The van der Waals surface area contributed by atoms with E-state index in [1.54, 1.807) is 42.7 Å². The van der Waals surface area contributed by atoms with Gasteiger partial charge in [-0.2, -0.15) is 0 Å². The normalized spacial score (nSPS) is 17.4. The van der Waals surface area contributed by atoms with Crippen LogP contribution in [0.1, 0.15) is 4.88 Å². The van der Waals surface area contributed by atoms with Gasteiger partial charge in [-0.25, -0.2) is 24.7 Å². The van der Waals surface area contributed by atoms with E-state index in [0.29, 0.717) is 19.0 Å². The average molecular weight is 484 g/mol. The van der Waals surface area contributed by atoms with Gasteiger partial charge in [0.15, 0.2) is 11.6 Å². The van der Waals surface area contributed by atoms with Crippen molar-refractivity contribution in [3.63, 3.8) is 0 Å². The number of carbonyl (C=O) groups is 1. The Hall–Kier alpha value is -3.09. The monoisotopic (exact) mass is 483 g/mol. The number of nitrogens with two attached hydrogens (primary N) is 1. The molecule has 0 unspecified atom stereocenters. The first-order valence-electron chi connectivity index (χ1n) is 11.4. The highest BCUT2D eigenvalue weighted by Gasteiger charge is 2.24. The Morgan fingerprint density at radius 3 is 2.47 bits per heavy atom. The summed E-state index contributed by atoms with van der Waals surface area (Å²) in [5, 5.41) is 0. The average Bonchev–Trinajstić information content (AvgIpc) is 3.26. The molecule has 12 heteroatoms. The number of thiophene rings is 1. The number of hydrogen-bond acceptors (Lipinski definition) is 10. The SMILES string of the molecule is CN(C)C(=O)N1CCN(Cc2cc3nc(-c4cnc(N)nc4)nc(N4CCOCC4)c3s2)CC1. The van der Waals surface area contributed by atoms with Gasteiger partial charge in [-0.1, -0.05) is 0 Å². The van der Waals surface area contributed by atoms with Crippen LogP contribution in [0.3, 0.4) is 0 Å². The molecule has 0 atom stereocenters. The molecule has 0 saturated carbocycles. The number of urea groups is 1. The Balaban J connectivity index is 1.41. The molecule has 5 heterocycles. The van der Waals surface area contributed by atoms with Gasteiger partial charge in [0.2, 0.25) is 5.95 Å². The van der Waals surface area contributed by atoms with Crippen molar-refractivity contribution in [2.24, 2.45) is 0 Å². The van der Waals surface area contributed by atoms with E-state index in [2.05, 4.69) is 25.8 Å². The summed E-state index contributed by atoms with van der Waals surface area (Å²) in [6, 6.07) is 2.23. The van der Waals surface area contributed by atoms with E-state index in [1.807, 2.05) is 4.90 Å². The lowest BCUT2D eigenvalue weighted by Gasteiger charge is -2.35. The van der Waals surface area contributed by atoms with Crippen molar-refractivity contribution >= 4 is 39.4 Å². The van der Waals surface area contributed by atoms with Crippen LogP contribution in [0.25, 0.3) is 21.6 Å². The van der Waals surface area contributed by atoms with Gasteiger partial charge in [0.05, 0.1) is 29.0 Å². The standard InChI is InChI=1S/C22H29N9O2S/c1-28(2)22(32)31-5-3-29(4-6-31)14-16-11-17-18(34-16)20(30-7-9-33-10-8-30)27-19(26-17)15-12-24-21(23)25-13-15/h11-13H,3-10,14H2,1-2H3,(H2,23,24,25). The molecule has 11 nitrogen and oxygen atoms in total. The van der Waals surface area contributed by atoms with Crippen LogP contribution in [0.4, 0.5) is 16.6 Å². The second kappa shape index (κ2) is 9.65. The molecular formula is C22H29N9O2S. The molecule has 2 fully saturated rings.